The molecule has 16 heavy (non-hydrogen) atoms. The van der Waals surface area contributed by atoms with Crippen molar-refractivity contribution in [3.8, 4) is 0 Å². The van der Waals surface area contributed by atoms with Gasteiger partial charge in [-0.05, 0) is 31.6 Å². The highest BCUT2D eigenvalue weighted by atomic mass is 16.5. The molecule has 0 saturated heterocycles. The van der Waals surface area contributed by atoms with Gasteiger partial charge < -0.3 is 9.84 Å². The summed E-state index contributed by atoms with van der Waals surface area (Å²) in [5.74, 6) is 2.30. The van der Waals surface area contributed by atoms with E-state index < -0.39 is 0 Å². The molecule has 1 aliphatic rings. The standard InChI is InChI=1S/C12H21N3O/c1-4-11(12-13-9(3)16-15-12)14-10-6-5-8(2)7-10/h8,10-11,14H,4-7H2,1-3H3. The molecule has 0 aliphatic heterocycles. The van der Waals surface area contributed by atoms with Gasteiger partial charge in [-0.25, -0.2) is 0 Å². The van der Waals surface area contributed by atoms with Crippen molar-refractivity contribution >= 4 is 0 Å². The maximum absolute atomic E-state index is 5.03. The van der Waals surface area contributed by atoms with E-state index in [-0.39, 0.29) is 6.04 Å². The highest BCUT2D eigenvalue weighted by Crippen LogP contribution is 2.27. The number of hydrogen-bond acceptors (Lipinski definition) is 4. The summed E-state index contributed by atoms with van der Waals surface area (Å²) in [6, 6.07) is 0.867. The monoisotopic (exact) mass is 223 g/mol. The van der Waals surface area contributed by atoms with E-state index in [9.17, 15) is 0 Å². The van der Waals surface area contributed by atoms with Gasteiger partial charge in [0.05, 0.1) is 6.04 Å². The van der Waals surface area contributed by atoms with Gasteiger partial charge in [-0.3, -0.25) is 0 Å². The van der Waals surface area contributed by atoms with Crippen LogP contribution in [0.3, 0.4) is 0 Å². The highest BCUT2D eigenvalue weighted by molar-refractivity contribution is 4.95. The third-order valence-electron chi connectivity index (χ3n) is 3.39. The van der Waals surface area contributed by atoms with Crippen molar-refractivity contribution < 1.29 is 4.52 Å². The molecule has 1 saturated carbocycles. The van der Waals surface area contributed by atoms with Gasteiger partial charge in [0.15, 0.2) is 5.82 Å². The Labute approximate surface area is 96.8 Å². The van der Waals surface area contributed by atoms with Crippen molar-refractivity contribution in [2.75, 3.05) is 0 Å². The molecule has 90 valence electrons. The maximum atomic E-state index is 5.03. The summed E-state index contributed by atoms with van der Waals surface area (Å²) in [5.41, 5.74) is 0. The van der Waals surface area contributed by atoms with E-state index >= 15 is 0 Å². The molecular formula is C12H21N3O. The Morgan fingerprint density at radius 3 is 2.81 bits per heavy atom. The molecule has 0 spiro atoms. The van der Waals surface area contributed by atoms with Gasteiger partial charge in [0.2, 0.25) is 5.89 Å². The molecular weight excluding hydrogens is 202 g/mol. The molecule has 0 bridgehead atoms. The summed E-state index contributed by atoms with van der Waals surface area (Å²) in [6.07, 6.45) is 4.88. The minimum absolute atomic E-state index is 0.243. The van der Waals surface area contributed by atoms with E-state index in [4.69, 9.17) is 4.52 Å². The number of aromatic nitrogens is 2. The number of aryl methyl sites for hydroxylation is 1. The van der Waals surface area contributed by atoms with Crippen LogP contribution < -0.4 is 5.32 Å². The fourth-order valence-electron chi connectivity index (χ4n) is 2.47. The molecule has 1 aromatic rings. The lowest BCUT2D eigenvalue weighted by atomic mass is 10.1. The van der Waals surface area contributed by atoms with Crippen LogP contribution in [0.4, 0.5) is 0 Å². The van der Waals surface area contributed by atoms with Crippen molar-refractivity contribution in [1.29, 1.82) is 0 Å². The van der Waals surface area contributed by atoms with E-state index in [1.807, 2.05) is 6.92 Å². The topological polar surface area (TPSA) is 51.0 Å². The minimum Gasteiger partial charge on any atom is -0.340 e. The highest BCUT2D eigenvalue weighted by Gasteiger charge is 2.25. The zero-order chi connectivity index (χ0) is 11.5. The minimum atomic E-state index is 0.243. The Kier molecular flexibility index (Phi) is 3.59. The van der Waals surface area contributed by atoms with Crippen molar-refractivity contribution in [2.24, 2.45) is 5.92 Å². The fourth-order valence-corrected chi connectivity index (χ4v) is 2.47. The summed E-state index contributed by atoms with van der Waals surface area (Å²) < 4.78 is 5.03. The zero-order valence-corrected chi connectivity index (χ0v) is 10.4. The number of nitrogens with one attached hydrogen (secondary N) is 1. The summed E-state index contributed by atoms with van der Waals surface area (Å²) in [7, 11) is 0. The van der Waals surface area contributed by atoms with Crippen LogP contribution in [0.1, 0.15) is 57.3 Å². The number of hydrogen-bond donors (Lipinski definition) is 1. The summed E-state index contributed by atoms with van der Waals surface area (Å²) in [6.45, 7) is 6.31. The van der Waals surface area contributed by atoms with Crippen LogP contribution >= 0.6 is 0 Å². The van der Waals surface area contributed by atoms with Gasteiger partial charge in [0, 0.05) is 13.0 Å². The van der Waals surface area contributed by atoms with Crippen LogP contribution in [0, 0.1) is 12.8 Å². The van der Waals surface area contributed by atoms with E-state index in [0.717, 1.165) is 18.2 Å². The number of nitrogens with zero attached hydrogens (tertiary/aromatic N) is 2. The van der Waals surface area contributed by atoms with Crippen LogP contribution in [0.15, 0.2) is 4.52 Å². The third kappa shape index (κ3) is 2.61. The molecule has 4 heteroatoms. The summed E-state index contributed by atoms with van der Waals surface area (Å²) in [4.78, 5) is 4.30. The Morgan fingerprint density at radius 2 is 2.31 bits per heavy atom. The van der Waals surface area contributed by atoms with E-state index in [0.29, 0.717) is 11.9 Å². The van der Waals surface area contributed by atoms with Gasteiger partial charge in [0.1, 0.15) is 0 Å². The van der Waals surface area contributed by atoms with Crippen LogP contribution in [0.25, 0.3) is 0 Å². The van der Waals surface area contributed by atoms with Gasteiger partial charge in [-0.15, -0.1) is 0 Å². The normalized spacial score (nSPS) is 27.2. The molecule has 2 rings (SSSR count). The summed E-state index contributed by atoms with van der Waals surface area (Å²) in [5, 5.41) is 7.64. The molecule has 1 aromatic heterocycles. The van der Waals surface area contributed by atoms with Crippen LogP contribution in [0.5, 0.6) is 0 Å². The van der Waals surface area contributed by atoms with Gasteiger partial charge >= 0.3 is 0 Å². The van der Waals surface area contributed by atoms with Crippen LogP contribution in [0.2, 0.25) is 0 Å². The average Bonchev–Trinajstić information content (AvgIpc) is 2.84. The van der Waals surface area contributed by atoms with Crippen LogP contribution in [-0.2, 0) is 0 Å². The largest absolute Gasteiger partial charge is 0.340 e. The van der Waals surface area contributed by atoms with Crippen molar-refractivity contribution in [1.82, 2.24) is 15.5 Å². The van der Waals surface area contributed by atoms with Gasteiger partial charge in [-0.2, -0.15) is 4.98 Å². The Bertz CT molecular complexity index is 337. The zero-order valence-electron chi connectivity index (χ0n) is 10.4. The predicted octanol–water partition coefficient (Wildman–Crippen LogP) is 2.61. The third-order valence-corrected chi connectivity index (χ3v) is 3.39. The lowest BCUT2D eigenvalue weighted by Gasteiger charge is -2.18. The molecule has 1 aliphatic carbocycles. The molecule has 3 unspecified atom stereocenters. The molecule has 0 amide bonds. The molecule has 0 aromatic carbocycles. The predicted molar refractivity (Wildman–Crippen MR) is 62.0 cm³/mol. The second kappa shape index (κ2) is 4.95. The van der Waals surface area contributed by atoms with Gasteiger partial charge in [-0.1, -0.05) is 19.0 Å². The second-order valence-electron chi connectivity index (χ2n) is 4.91. The first-order chi connectivity index (χ1) is 7.69. The van der Waals surface area contributed by atoms with Crippen molar-refractivity contribution in [3.63, 3.8) is 0 Å². The van der Waals surface area contributed by atoms with Crippen molar-refractivity contribution in [2.45, 2.75) is 58.5 Å². The second-order valence-corrected chi connectivity index (χ2v) is 4.91. The molecule has 4 nitrogen and oxygen atoms in total. The average molecular weight is 223 g/mol. The lowest BCUT2D eigenvalue weighted by molar-refractivity contribution is 0.361. The molecule has 1 heterocycles. The smallest absolute Gasteiger partial charge is 0.223 e. The first kappa shape index (κ1) is 11.6. The quantitative estimate of drug-likeness (QED) is 0.852. The van der Waals surface area contributed by atoms with Crippen molar-refractivity contribution in [3.05, 3.63) is 11.7 Å². The summed E-state index contributed by atoms with van der Waals surface area (Å²) >= 11 is 0. The number of rotatable bonds is 4. The molecule has 1 N–H and O–H groups in total. The lowest BCUT2D eigenvalue weighted by Crippen LogP contribution is -2.31. The first-order valence-corrected chi connectivity index (χ1v) is 6.25. The van der Waals surface area contributed by atoms with E-state index in [1.54, 1.807) is 0 Å². The Balaban J connectivity index is 1.95. The molecule has 1 fully saturated rings. The Hall–Kier alpha value is -0.900. The SMILES string of the molecule is CCC(NC1CCC(C)C1)c1noc(C)n1. The molecule has 0 radical (unpaired) electrons. The van der Waals surface area contributed by atoms with Gasteiger partial charge in [0.25, 0.3) is 0 Å². The van der Waals surface area contributed by atoms with E-state index in [1.165, 1.54) is 19.3 Å². The fraction of sp³-hybridized carbons (Fsp3) is 0.833. The first-order valence-electron chi connectivity index (χ1n) is 6.25. The van der Waals surface area contributed by atoms with E-state index in [2.05, 4.69) is 29.3 Å². The van der Waals surface area contributed by atoms with Crippen LogP contribution in [-0.4, -0.2) is 16.2 Å². The Morgan fingerprint density at radius 1 is 1.50 bits per heavy atom. The maximum Gasteiger partial charge on any atom is 0.223 e. The molecule has 3 atom stereocenters.